The number of nitrogens with one attached hydrogen (secondary N) is 1. The minimum Gasteiger partial charge on any atom is -0.435 e. The van der Waals surface area contributed by atoms with Crippen LogP contribution in [0.5, 0.6) is 11.6 Å². The third-order valence-corrected chi connectivity index (χ3v) is 3.68. The Morgan fingerprint density at radius 1 is 1.04 bits per heavy atom. The second-order valence-electron chi connectivity index (χ2n) is 5.26. The second kappa shape index (κ2) is 5.66. The summed E-state index contributed by atoms with van der Waals surface area (Å²) in [6.07, 6.45) is 3.21. The van der Waals surface area contributed by atoms with Gasteiger partial charge in [-0.2, -0.15) is 0 Å². The van der Waals surface area contributed by atoms with Crippen LogP contribution in [0.25, 0.3) is 22.2 Å². The molecule has 4 aromatic rings. The maximum Gasteiger partial charge on any atom is 0.232 e. The first-order valence-electron chi connectivity index (χ1n) is 7.33. The number of halogens is 1. The molecule has 3 N–H and O–H groups in total. The molecule has 2 aromatic heterocycles. The molecule has 0 saturated heterocycles. The lowest BCUT2D eigenvalue weighted by atomic mass is 10.1. The van der Waals surface area contributed by atoms with Gasteiger partial charge in [0.1, 0.15) is 12.0 Å². The molecule has 0 aliphatic heterocycles. The van der Waals surface area contributed by atoms with Crippen molar-refractivity contribution in [2.24, 2.45) is 0 Å². The van der Waals surface area contributed by atoms with Crippen molar-refractivity contribution in [3.8, 4) is 22.8 Å². The zero-order valence-electron chi connectivity index (χ0n) is 12.5. The molecule has 2 heterocycles. The number of hydrogen-bond donors (Lipinski definition) is 2. The van der Waals surface area contributed by atoms with Gasteiger partial charge in [0.2, 0.25) is 5.88 Å². The SMILES string of the molecule is Nc1ccc(Oc2ncnc3[nH]cc(-c4ccccc4)c23)c(F)c1. The van der Waals surface area contributed by atoms with Gasteiger partial charge in [0.25, 0.3) is 0 Å². The molecule has 2 aromatic carbocycles. The average Bonchev–Trinajstić information content (AvgIpc) is 3.03. The van der Waals surface area contributed by atoms with Crippen LogP contribution in [0.15, 0.2) is 61.1 Å². The average molecular weight is 320 g/mol. The van der Waals surface area contributed by atoms with Crippen LogP contribution in [0.2, 0.25) is 0 Å². The van der Waals surface area contributed by atoms with Crippen LogP contribution in [-0.4, -0.2) is 15.0 Å². The monoisotopic (exact) mass is 320 g/mol. The number of nitrogen functional groups attached to an aromatic ring is 1. The molecule has 6 heteroatoms. The Morgan fingerprint density at radius 3 is 2.67 bits per heavy atom. The molecule has 0 spiro atoms. The van der Waals surface area contributed by atoms with Gasteiger partial charge in [0.05, 0.1) is 5.39 Å². The van der Waals surface area contributed by atoms with Crippen molar-refractivity contribution in [3.63, 3.8) is 0 Å². The second-order valence-corrected chi connectivity index (χ2v) is 5.26. The summed E-state index contributed by atoms with van der Waals surface area (Å²) in [6, 6.07) is 14.0. The van der Waals surface area contributed by atoms with Crippen molar-refractivity contribution in [1.29, 1.82) is 0 Å². The van der Waals surface area contributed by atoms with E-state index in [0.29, 0.717) is 16.7 Å². The summed E-state index contributed by atoms with van der Waals surface area (Å²) in [5.74, 6) is -0.202. The molecule has 0 amide bonds. The van der Waals surface area contributed by atoms with Gasteiger partial charge in [-0.25, -0.2) is 14.4 Å². The number of fused-ring (bicyclic) bond motifs is 1. The standard InChI is InChI=1S/C18H13FN4O/c19-14-8-12(20)6-7-15(14)24-18-16-13(11-4-2-1-3-5-11)9-21-17(16)22-10-23-18/h1-10H,20H2,(H,21,22,23). The van der Waals surface area contributed by atoms with Crippen LogP contribution in [0.3, 0.4) is 0 Å². The molecule has 5 nitrogen and oxygen atoms in total. The van der Waals surface area contributed by atoms with E-state index in [1.165, 1.54) is 18.5 Å². The molecular formula is C18H13FN4O. The van der Waals surface area contributed by atoms with Crippen LogP contribution >= 0.6 is 0 Å². The first-order valence-corrected chi connectivity index (χ1v) is 7.33. The molecule has 0 atom stereocenters. The predicted octanol–water partition coefficient (Wildman–Crippen LogP) is 4.14. The number of anilines is 1. The number of aromatic amines is 1. The summed E-state index contributed by atoms with van der Waals surface area (Å²) < 4.78 is 19.7. The summed E-state index contributed by atoms with van der Waals surface area (Å²) in [6.45, 7) is 0. The van der Waals surface area contributed by atoms with Crippen LogP contribution in [0.4, 0.5) is 10.1 Å². The van der Waals surface area contributed by atoms with E-state index in [4.69, 9.17) is 10.5 Å². The molecule has 0 bridgehead atoms. The number of H-pyrrole nitrogens is 1. The lowest BCUT2D eigenvalue weighted by molar-refractivity contribution is 0.432. The van der Waals surface area contributed by atoms with Crippen LogP contribution in [-0.2, 0) is 0 Å². The molecule has 0 saturated carbocycles. The Balaban J connectivity index is 1.85. The summed E-state index contributed by atoms with van der Waals surface area (Å²) in [4.78, 5) is 11.5. The van der Waals surface area contributed by atoms with E-state index in [1.54, 1.807) is 6.07 Å². The summed E-state index contributed by atoms with van der Waals surface area (Å²) in [7, 11) is 0. The number of hydrogen-bond acceptors (Lipinski definition) is 4. The maximum atomic E-state index is 14.0. The van der Waals surface area contributed by atoms with Crippen molar-refractivity contribution in [2.45, 2.75) is 0 Å². The largest absolute Gasteiger partial charge is 0.435 e. The van der Waals surface area contributed by atoms with Gasteiger partial charge in [-0.1, -0.05) is 30.3 Å². The smallest absolute Gasteiger partial charge is 0.232 e. The number of ether oxygens (including phenoxy) is 1. The zero-order valence-corrected chi connectivity index (χ0v) is 12.5. The van der Waals surface area contributed by atoms with Gasteiger partial charge in [-0.15, -0.1) is 0 Å². The minimum absolute atomic E-state index is 0.0596. The summed E-state index contributed by atoms with van der Waals surface area (Å²) in [5.41, 5.74) is 8.39. The summed E-state index contributed by atoms with van der Waals surface area (Å²) in [5, 5.41) is 0.694. The van der Waals surface area contributed by atoms with Gasteiger partial charge in [-0.3, -0.25) is 0 Å². The lowest BCUT2D eigenvalue weighted by Crippen LogP contribution is -1.94. The lowest BCUT2D eigenvalue weighted by Gasteiger charge is -2.08. The van der Waals surface area contributed by atoms with E-state index >= 15 is 0 Å². The first-order chi connectivity index (χ1) is 11.7. The van der Waals surface area contributed by atoms with Crippen molar-refractivity contribution in [3.05, 3.63) is 66.9 Å². The highest BCUT2D eigenvalue weighted by molar-refractivity contribution is 5.97. The fourth-order valence-corrected chi connectivity index (χ4v) is 2.56. The van der Waals surface area contributed by atoms with Gasteiger partial charge in [0.15, 0.2) is 11.6 Å². The van der Waals surface area contributed by atoms with E-state index < -0.39 is 5.82 Å². The third-order valence-electron chi connectivity index (χ3n) is 3.68. The topological polar surface area (TPSA) is 76.8 Å². The Hall–Kier alpha value is -3.41. The highest BCUT2D eigenvalue weighted by Crippen LogP contribution is 2.35. The first kappa shape index (κ1) is 14.2. The van der Waals surface area contributed by atoms with Crippen LogP contribution in [0.1, 0.15) is 0 Å². The van der Waals surface area contributed by atoms with Crippen LogP contribution in [0, 0.1) is 5.82 Å². The number of benzene rings is 2. The normalized spacial score (nSPS) is 10.9. The molecule has 0 aliphatic carbocycles. The summed E-state index contributed by atoms with van der Waals surface area (Å²) >= 11 is 0. The number of nitrogens with two attached hydrogens (primary N) is 1. The minimum atomic E-state index is -0.543. The Kier molecular flexibility index (Phi) is 3.35. The van der Waals surface area contributed by atoms with Crippen molar-refractivity contribution in [1.82, 2.24) is 15.0 Å². The predicted molar refractivity (Wildman–Crippen MR) is 90.2 cm³/mol. The third kappa shape index (κ3) is 2.44. The number of nitrogens with zero attached hydrogens (tertiary/aromatic N) is 2. The highest BCUT2D eigenvalue weighted by atomic mass is 19.1. The van der Waals surface area contributed by atoms with Gasteiger partial charge < -0.3 is 15.5 Å². The van der Waals surface area contributed by atoms with Gasteiger partial charge in [0, 0.05) is 23.5 Å². The quantitative estimate of drug-likeness (QED) is 0.556. The Labute approximate surface area is 136 Å². The molecule has 4 rings (SSSR count). The molecule has 0 radical (unpaired) electrons. The van der Waals surface area contributed by atoms with E-state index in [1.807, 2.05) is 36.5 Å². The maximum absolute atomic E-state index is 14.0. The number of aromatic nitrogens is 3. The number of rotatable bonds is 3. The molecule has 24 heavy (non-hydrogen) atoms. The molecule has 0 fully saturated rings. The van der Waals surface area contributed by atoms with E-state index in [2.05, 4.69) is 15.0 Å². The Morgan fingerprint density at radius 2 is 1.88 bits per heavy atom. The van der Waals surface area contributed by atoms with E-state index in [9.17, 15) is 4.39 Å². The van der Waals surface area contributed by atoms with Crippen molar-refractivity contribution < 1.29 is 9.13 Å². The van der Waals surface area contributed by atoms with Crippen LogP contribution < -0.4 is 10.5 Å². The molecule has 0 unspecified atom stereocenters. The van der Waals surface area contributed by atoms with Crippen molar-refractivity contribution in [2.75, 3.05) is 5.73 Å². The van der Waals surface area contributed by atoms with Gasteiger partial charge in [-0.05, 0) is 17.7 Å². The van der Waals surface area contributed by atoms with Crippen molar-refractivity contribution >= 4 is 16.7 Å². The Bertz CT molecular complexity index is 1010. The fraction of sp³-hybridized carbons (Fsp3) is 0. The highest BCUT2D eigenvalue weighted by Gasteiger charge is 2.15. The molecule has 0 aliphatic rings. The fourth-order valence-electron chi connectivity index (χ4n) is 2.56. The molecular weight excluding hydrogens is 307 g/mol. The van der Waals surface area contributed by atoms with E-state index in [-0.39, 0.29) is 11.6 Å². The van der Waals surface area contributed by atoms with E-state index in [0.717, 1.165) is 11.1 Å². The zero-order chi connectivity index (χ0) is 16.5. The molecule has 118 valence electrons. The van der Waals surface area contributed by atoms with Gasteiger partial charge >= 0.3 is 0 Å².